The molecule has 6 heteroatoms. The first-order valence-corrected chi connectivity index (χ1v) is 18.7. The lowest BCUT2D eigenvalue weighted by atomic mass is 10.0. The van der Waals surface area contributed by atoms with Crippen LogP contribution in [0, 0.1) is 0 Å². The van der Waals surface area contributed by atoms with Gasteiger partial charge in [0.25, 0.3) is 0 Å². The second-order valence-corrected chi connectivity index (χ2v) is 12.7. The summed E-state index contributed by atoms with van der Waals surface area (Å²) in [6, 6.07) is 0. The molecule has 1 saturated heterocycles. The molecule has 45 heavy (non-hydrogen) atoms. The number of unbranched alkanes of at least 4 members (excludes halogenated alkanes) is 15. The number of aliphatic hydroxyl groups excluding tert-OH is 1. The normalized spacial score (nSPS) is 17.0. The highest BCUT2D eigenvalue weighted by Gasteiger charge is 2.36. The van der Waals surface area contributed by atoms with Gasteiger partial charge in [-0.05, 0) is 51.4 Å². The average Bonchev–Trinajstić information content (AvgIpc) is 3.79. The summed E-state index contributed by atoms with van der Waals surface area (Å²) in [5, 5.41) is 9.55. The number of hydrogen-bond donors (Lipinski definition) is 1. The van der Waals surface area contributed by atoms with Crippen LogP contribution in [0.3, 0.4) is 0 Å². The van der Waals surface area contributed by atoms with E-state index >= 15 is 0 Å². The maximum Gasteiger partial charge on any atom is 0.306 e. The van der Waals surface area contributed by atoms with Crippen LogP contribution in [0.4, 0.5) is 0 Å². The number of carbonyl (C=O) groups excluding carboxylic acids is 2. The van der Waals surface area contributed by atoms with E-state index < -0.39 is 6.10 Å². The fourth-order valence-corrected chi connectivity index (χ4v) is 5.40. The second-order valence-electron chi connectivity index (χ2n) is 12.7. The number of ether oxygens (including phenoxy) is 3. The zero-order valence-corrected chi connectivity index (χ0v) is 29.1. The predicted molar refractivity (Wildman–Crippen MR) is 186 cm³/mol. The topological polar surface area (TPSA) is 85.4 Å². The molecule has 0 aromatic rings. The minimum Gasteiger partial charge on any atom is -0.462 e. The van der Waals surface area contributed by atoms with E-state index in [1.807, 2.05) is 0 Å². The van der Waals surface area contributed by atoms with Crippen LogP contribution >= 0.6 is 0 Å². The number of carbonyl (C=O) groups is 2. The van der Waals surface area contributed by atoms with Gasteiger partial charge in [0.2, 0.25) is 0 Å². The summed E-state index contributed by atoms with van der Waals surface area (Å²) in [6.45, 7) is 4.03. The van der Waals surface area contributed by atoms with Gasteiger partial charge in [-0.25, -0.2) is 0 Å². The van der Waals surface area contributed by atoms with Crippen molar-refractivity contribution in [1.29, 1.82) is 0 Å². The molecule has 0 aromatic heterocycles. The van der Waals surface area contributed by atoms with Crippen LogP contribution < -0.4 is 0 Å². The lowest BCUT2D eigenvalue weighted by Crippen LogP contribution is -2.28. The first-order valence-electron chi connectivity index (χ1n) is 18.7. The molecule has 1 N–H and O–H groups in total. The number of esters is 2. The average molecular weight is 633 g/mol. The van der Waals surface area contributed by atoms with E-state index in [2.05, 4.69) is 50.3 Å². The molecule has 2 unspecified atom stereocenters. The first-order chi connectivity index (χ1) is 22.1. The number of aliphatic hydroxyl groups is 1. The van der Waals surface area contributed by atoms with Crippen LogP contribution in [0.5, 0.6) is 0 Å². The molecule has 3 atom stereocenters. The highest BCUT2D eigenvalue weighted by atomic mass is 16.6. The van der Waals surface area contributed by atoms with Crippen LogP contribution in [0.2, 0.25) is 0 Å². The van der Waals surface area contributed by atoms with Crippen molar-refractivity contribution in [2.75, 3.05) is 13.2 Å². The fraction of sp³-hybridized carbons (Fsp3) is 0.795. The molecule has 0 spiro atoms. The molecule has 0 amide bonds. The third-order valence-corrected chi connectivity index (χ3v) is 8.36. The largest absolute Gasteiger partial charge is 0.462 e. The predicted octanol–water partition coefficient (Wildman–Crippen LogP) is 10.3. The highest BCUT2D eigenvalue weighted by Crippen LogP contribution is 2.30. The number of hydrogen-bond acceptors (Lipinski definition) is 6. The van der Waals surface area contributed by atoms with E-state index in [0.717, 1.165) is 44.9 Å². The minimum atomic E-state index is -0.798. The number of epoxide rings is 1. The van der Waals surface area contributed by atoms with Crippen LogP contribution in [0.25, 0.3) is 0 Å². The summed E-state index contributed by atoms with van der Waals surface area (Å²) in [4.78, 5) is 24.3. The summed E-state index contributed by atoms with van der Waals surface area (Å²) < 4.78 is 16.3. The van der Waals surface area contributed by atoms with E-state index in [4.69, 9.17) is 14.2 Å². The lowest BCUT2D eigenvalue weighted by Gasteiger charge is -2.15. The Kier molecular flexibility index (Phi) is 28.1. The molecule has 0 aliphatic carbocycles. The zero-order chi connectivity index (χ0) is 32.6. The SMILES string of the molecule is CCCCC/C=C\C/C=C\C/C=C\CC1OC1CCCC(=O)OC[C@H](CO)OC(=O)CCCCCCCCCCCCCCC. The molecule has 0 saturated carbocycles. The van der Waals surface area contributed by atoms with E-state index in [-0.39, 0.29) is 37.4 Å². The maximum atomic E-state index is 12.1. The van der Waals surface area contributed by atoms with Crippen molar-refractivity contribution >= 4 is 11.9 Å². The van der Waals surface area contributed by atoms with Gasteiger partial charge in [-0.3, -0.25) is 9.59 Å². The molecular weight excluding hydrogens is 564 g/mol. The third-order valence-electron chi connectivity index (χ3n) is 8.36. The molecule has 1 heterocycles. The Labute approximate surface area is 276 Å². The highest BCUT2D eigenvalue weighted by molar-refractivity contribution is 5.70. The molecular formula is C39H68O6. The molecule has 0 aromatic carbocycles. The molecule has 1 fully saturated rings. The van der Waals surface area contributed by atoms with E-state index in [1.54, 1.807) is 0 Å². The van der Waals surface area contributed by atoms with Crippen molar-refractivity contribution in [2.24, 2.45) is 0 Å². The van der Waals surface area contributed by atoms with Crippen molar-refractivity contribution in [1.82, 2.24) is 0 Å². The smallest absolute Gasteiger partial charge is 0.306 e. The Hall–Kier alpha value is -1.92. The fourth-order valence-electron chi connectivity index (χ4n) is 5.40. The molecule has 6 nitrogen and oxygen atoms in total. The van der Waals surface area contributed by atoms with Crippen LogP contribution in [0.1, 0.15) is 168 Å². The summed E-state index contributed by atoms with van der Waals surface area (Å²) in [5.41, 5.74) is 0. The van der Waals surface area contributed by atoms with Gasteiger partial charge in [-0.2, -0.15) is 0 Å². The maximum absolute atomic E-state index is 12.1. The van der Waals surface area contributed by atoms with Gasteiger partial charge in [-0.15, -0.1) is 0 Å². The molecule has 1 aliphatic heterocycles. The van der Waals surface area contributed by atoms with Gasteiger partial charge in [0.1, 0.15) is 6.61 Å². The third kappa shape index (κ3) is 27.0. The zero-order valence-electron chi connectivity index (χ0n) is 29.1. The standard InChI is InChI=1S/C39H68O6/c1-3-5-7-9-11-13-15-17-19-21-23-25-27-31-39(42)44-35(33-40)34-43-38(41)32-28-30-37-36(45-37)29-26-24-22-20-18-16-14-12-10-8-6-4-2/h12,14,18,20,24,26,35-37,40H,3-11,13,15-17,19,21-23,25,27-34H2,1-2H3/b14-12-,20-18-,26-24-/t35-,36?,37?/m0/s1. The van der Waals surface area contributed by atoms with Crippen molar-refractivity contribution in [2.45, 2.75) is 186 Å². The molecule has 0 radical (unpaired) electrons. The van der Waals surface area contributed by atoms with Crippen molar-refractivity contribution < 1.29 is 28.9 Å². The second kappa shape index (κ2) is 30.7. The Morgan fingerprint density at radius 2 is 1.18 bits per heavy atom. The molecule has 260 valence electrons. The van der Waals surface area contributed by atoms with Gasteiger partial charge < -0.3 is 19.3 Å². The quantitative estimate of drug-likeness (QED) is 0.0344. The number of rotatable bonds is 32. The van der Waals surface area contributed by atoms with E-state index in [9.17, 15) is 14.7 Å². The Morgan fingerprint density at radius 3 is 1.80 bits per heavy atom. The lowest BCUT2D eigenvalue weighted by molar-refractivity contribution is -0.161. The molecule has 1 rings (SSSR count). The first kappa shape index (κ1) is 41.1. The van der Waals surface area contributed by atoms with Crippen LogP contribution in [0.15, 0.2) is 36.5 Å². The summed E-state index contributed by atoms with van der Waals surface area (Å²) >= 11 is 0. The van der Waals surface area contributed by atoms with Gasteiger partial charge in [0.05, 0.1) is 18.8 Å². The van der Waals surface area contributed by atoms with Gasteiger partial charge in [-0.1, -0.05) is 140 Å². The summed E-state index contributed by atoms with van der Waals surface area (Å²) in [5.74, 6) is -0.666. The van der Waals surface area contributed by atoms with Gasteiger partial charge >= 0.3 is 11.9 Å². The summed E-state index contributed by atoms with van der Waals surface area (Å²) in [6.07, 6.45) is 39.3. The van der Waals surface area contributed by atoms with Crippen molar-refractivity contribution in [3.63, 3.8) is 0 Å². The van der Waals surface area contributed by atoms with Crippen LogP contribution in [-0.4, -0.2) is 48.6 Å². The van der Waals surface area contributed by atoms with Gasteiger partial charge in [0, 0.05) is 12.8 Å². The van der Waals surface area contributed by atoms with Gasteiger partial charge in [0.15, 0.2) is 6.10 Å². The van der Waals surface area contributed by atoms with E-state index in [1.165, 1.54) is 89.9 Å². The van der Waals surface area contributed by atoms with Crippen molar-refractivity contribution in [3.05, 3.63) is 36.5 Å². The number of allylic oxidation sites excluding steroid dienone is 5. The Balaban J connectivity index is 1.96. The molecule has 0 bridgehead atoms. The minimum absolute atomic E-state index is 0.100. The van der Waals surface area contributed by atoms with Crippen molar-refractivity contribution in [3.8, 4) is 0 Å². The Morgan fingerprint density at radius 1 is 0.644 bits per heavy atom. The molecule has 1 aliphatic rings. The Bertz CT molecular complexity index is 788. The monoisotopic (exact) mass is 633 g/mol. The summed E-state index contributed by atoms with van der Waals surface area (Å²) in [7, 11) is 0. The van der Waals surface area contributed by atoms with Crippen LogP contribution in [-0.2, 0) is 23.8 Å². The van der Waals surface area contributed by atoms with E-state index in [0.29, 0.717) is 19.3 Å².